The summed E-state index contributed by atoms with van der Waals surface area (Å²) in [4.78, 5) is 11.4. The van der Waals surface area contributed by atoms with Crippen LogP contribution in [0.1, 0.15) is 45.4 Å². The van der Waals surface area contributed by atoms with E-state index in [0.29, 0.717) is 13.0 Å². The first kappa shape index (κ1) is 12.5. The van der Waals surface area contributed by atoms with Gasteiger partial charge in [-0.05, 0) is 39.0 Å². The van der Waals surface area contributed by atoms with Crippen LogP contribution in [0.4, 0.5) is 0 Å². The van der Waals surface area contributed by atoms with Gasteiger partial charge in [0.1, 0.15) is 0 Å². The van der Waals surface area contributed by atoms with Crippen molar-refractivity contribution in [3.63, 3.8) is 0 Å². The molecule has 0 aromatic heterocycles. The van der Waals surface area contributed by atoms with Crippen LogP contribution in [-0.2, 0) is 4.79 Å². The fourth-order valence-electron chi connectivity index (χ4n) is 1.82. The molecule has 0 aromatic carbocycles. The van der Waals surface area contributed by atoms with Crippen LogP contribution in [-0.4, -0.2) is 29.2 Å². The zero-order valence-electron chi connectivity index (χ0n) is 9.46. The molecule has 88 valence electrons. The Labute approximate surface area is 91.2 Å². The Morgan fingerprint density at radius 2 is 2.27 bits per heavy atom. The molecule has 1 aliphatic rings. The lowest BCUT2D eigenvalue weighted by atomic mass is 9.75. The minimum absolute atomic E-state index is 0.0443. The Kier molecular flexibility index (Phi) is 4.54. The number of nitrogens with one attached hydrogen (secondary N) is 1. The van der Waals surface area contributed by atoms with Crippen molar-refractivity contribution in [3.8, 4) is 0 Å². The highest BCUT2D eigenvalue weighted by atomic mass is 16.3. The average molecular weight is 214 g/mol. The molecule has 1 amide bonds. The van der Waals surface area contributed by atoms with Crippen molar-refractivity contribution in [2.45, 2.75) is 57.1 Å². The summed E-state index contributed by atoms with van der Waals surface area (Å²) in [5.41, 5.74) is 5.73. The Hall–Kier alpha value is -0.610. The molecule has 4 heteroatoms. The normalized spacial score (nSPS) is 20.5. The van der Waals surface area contributed by atoms with Crippen molar-refractivity contribution < 1.29 is 9.90 Å². The smallest absolute Gasteiger partial charge is 0.221 e. The number of aliphatic hydroxyl groups is 1. The standard InChI is InChI=1S/C11H22N2O2/c1-9(14)4-2-7-13-10(15)8-11(12)5-3-6-11/h9,14H,2-8,12H2,1H3,(H,13,15). The zero-order valence-corrected chi connectivity index (χ0v) is 9.46. The summed E-state index contributed by atoms with van der Waals surface area (Å²) in [6.07, 6.45) is 4.79. The molecule has 4 nitrogen and oxygen atoms in total. The third kappa shape index (κ3) is 4.62. The second kappa shape index (κ2) is 5.47. The molecule has 0 bridgehead atoms. The average Bonchev–Trinajstić information content (AvgIpc) is 2.09. The lowest BCUT2D eigenvalue weighted by Gasteiger charge is -2.37. The molecule has 1 atom stereocenters. The van der Waals surface area contributed by atoms with E-state index in [0.717, 1.165) is 32.1 Å². The minimum atomic E-state index is -0.283. The van der Waals surface area contributed by atoms with Gasteiger partial charge < -0.3 is 16.2 Å². The first-order chi connectivity index (χ1) is 7.02. The number of hydrogen-bond acceptors (Lipinski definition) is 3. The van der Waals surface area contributed by atoms with Crippen molar-refractivity contribution in [3.05, 3.63) is 0 Å². The van der Waals surface area contributed by atoms with E-state index in [1.54, 1.807) is 6.92 Å². The summed E-state index contributed by atoms with van der Waals surface area (Å²) < 4.78 is 0. The van der Waals surface area contributed by atoms with Gasteiger partial charge in [-0.1, -0.05) is 0 Å². The van der Waals surface area contributed by atoms with Crippen molar-refractivity contribution in [2.24, 2.45) is 5.73 Å². The van der Waals surface area contributed by atoms with Crippen molar-refractivity contribution in [2.75, 3.05) is 6.54 Å². The van der Waals surface area contributed by atoms with Gasteiger partial charge in [-0.2, -0.15) is 0 Å². The van der Waals surface area contributed by atoms with Crippen LogP contribution in [0.25, 0.3) is 0 Å². The summed E-state index contributed by atoms with van der Waals surface area (Å²) in [7, 11) is 0. The Balaban J connectivity index is 2.03. The van der Waals surface area contributed by atoms with Crippen LogP contribution in [0.3, 0.4) is 0 Å². The molecule has 0 aromatic rings. The molecule has 15 heavy (non-hydrogen) atoms. The SMILES string of the molecule is CC(O)CCCNC(=O)CC1(N)CCC1. The second-order valence-electron chi connectivity index (χ2n) is 4.73. The van der Waals surface area contributed by atoms with E-state index < -0.39 is 0 Å². The van der Waals surface area contributed by atoms with Crippen molar-refractivity contribution in [1.29, 1.82) is 0 Å². The lowest BCUT2D eigenvalue weighted by Crippen LogP contribution is -2.50. The highest BCUT2D eigenvalue weighted by molar-refractivity contribution is 5.77. The molecule has 0 spiro atoms. The van der Waals surface area contributed by atoms with Crippen LogP contribution in [0.2, 0.25) is 0 Å². The van der Waals surface area contributed by atoms with Gasteiger partial charge in [0.05, 0.1) is 6.10 Å². The Morgan fingerprint density at radius 3 is 2.73 bits per heavy atom. The van der Waals surface area contributed by atoms with E-state index in [9.17, 15) is 4.79 Å². The van der Waals surface area contributed by atoms with Gasteiger partial charge in [0.25, 0.3) is 0 Å². The summed E-state index contributed by atoms with van der Waals surface area (Å²) in [6.45, 7) is 2.39. The van der Waals surface area contributed by atoms with Gasteiger partial charge in [-0.25, -0.2) is 0 Å². The maximum Gasteiger partial charge on any atom is 0.221 e. The third-order valence-electron chi connectivity index (χ3n) is 2.98. The maximum atomic E-state index is 11.4. The minimum Gasteiger partial charge on any atom is -0.393 e. The first-order valence-corrected chi connectivity index (χ1v) is 5.75. The highest BCUT2D eigenvalue weighted by Gasteiger charge is 2.34. The molecule has 1 aliphatic carbocycles. The van der Waals surface area contributed by atoms with Gasteiger partial charge >= 0.3 is 0 Å². The molecule has 0 radical (unpaired) electrons. The number of carbonyl (C=O) groups is 1. The van der Waals surface area contributed by atoms with Crippen LogP contribution < -0.4 is 11.1 Å². The second-order valence-corrected chi connectivity index (χ2v) is 4.73. The monoisotopic (exact) mass is 214 g/mol. The Bertz CT molecular complexity index is 213. The molecule has 0 saturated heterocycles. The van der Waals surface area contributed by atoms with Gasteiger partial charge in [-0.3, -0.25) is 4.79 Å². The molecule has 1 saturated carbocycles. The Morgan fingerprint density at radius 1 is 1.60 bits per heavy atom. The predicted octanol–water partition coefficient (Wildman–Crippen LogP) is 0.535. The number of amides is 1. The molecule has 1 unspecified atom stereocenters. The molecule has 4 N–H and O–H groups in total. The number of nitrogens with two attached hydrogens (primary N) is 1. The third-order valence-corrected chi connectivity index (χ3v) is 2.98. The molecule has 1 rings (SSSR count). The van der Waals surface area contributed by atoms with Gasteiger partial charge in [0, 0.05) is 18.5 Å². The van der Waals surface area contributed by atoms with Gasteiger partial charge in [0.15, 0.2) is 0 Å². The van der Waals surface area contributed by atoms with Gasteiger partial charge in [-0.15, -0.1) is 0 Å². The molecular weight excluding hydrogens is 192 g/mol. The first-order valence-electron chi connectivity index (χ1n) is 5.75. The summed E-state index contributed by atoms with van der Waals surface area (Å²) >= 11 is 0. The zero-order chi connectivity index (χ0) is 11.3. The summed E-state index contributed by atoms with van der Waals surface area (Å²) in [6, 6.07) is 0. The van der Waals surface area contributed by atoms with Crippen molar-refractivity contribution in [1.82, 2.24) is 5.32 Å². The summed E-state index contributed by atoms with van der Waals surface area (Å²) in [5, 5.41) is 11.9. The number of aliphatic hydroxyl groups excluding tert-OH is 1. The van der Waals surface area contributed by atoms with Crippen LogP contribution >= 0.6 is 0 Å². The van der Waals surface area contributed by atoms with Crippen molar-refractivity contribution >= 4 is 5.91 Å². The number of carbonyl (C=O) groups excluding carboxylic acids is 1. The fourth-order valence-corrected chi connectivity index (χ4v) is 1.82. The van der Waals surface area contributed by atoms with Gasteiger partial charge in [0.2, 0.25) is 5.91 Å². The molecule has 0 aliphatic heterocycles. The van der Waals surface area contributed by atoms with Crippen LogP contribution in [0.15, 0.2) is 0 Å². The summed E-state index contributed by atoms with van der Waals surface area (Å²) in [5.74, 6) is 0.0443. The van der Waals surface area contributed by atoms with Crippen LogP contribution in [0.5, 0.6) is 0 Å². The number of hydrogen-bond donors (Lipinski definition) is 3. The quantitative estimate of drug-likeness (QED) is 0.565. The largest absolute Gasteiger partial charge is 0.393 e. The lowest BCUT2D eigenvalue weighted by molar-refractivity contribution is -0.123. The molecular formula is C11H22N2O2. The highest BCUT2D eigenvalue weighted by Crippen LogP contribution is 2.31. The fraction of sp³-hybridized carbons (Fsp3) is 0.909. The molecule has 1 fully saturated rings. The molecule has 0 heterocycles. The van der Waals surface area contributed by atoms with Crippen LogP contribution in [0, 0.1) is 0 Å². The van der Waals surface area contributed by atoms with E-state index in [1.165, 1.54) is 0 Å². The predicted molar refractivity (Wildman–Crippen MR) is 59.3 cm³/mol. The van der Waals surface area contributed by atoms with E-state index in [2.05, 4.69) is 5.32 Å². The van der Waals surface area contributed by atoms with E-state index in [1.807, 2.05) is 0 Å². The van der Waals surface area contributed by atoms with E-state index in [-0.39, 0.29) is 17.6 Å². The van der Waals surface area contributed by atoms with E-state index in [4.69, 9.17) is 10.8 Å². The maximum absolute atomic E-state index is 11.4. The topological polar surface area (TPSA) is 75.3 Å². The number of rotatable bonds is 6. The van der Waals surface area contributed by atoms with E-state index >= 15 is 0 Å².